The molecule has 0 aliphatic heterocycles. The van der Waals surface area contributed by atoms with E-state index in [0.29, 0.717) is 5.75 Å². The second kappa shape index (κ2) is 5.83. The lowest BCUT2D eigenvalue weighted by molar-refractivity contribution is 0.320. The molecule has 0 unspecified atom stereocenters. The van der Waals surface area contributed by atoms with Gasteiger partial charge in [-0.05, 0) is 24.6 Å². The quantitative estimate of drug-likeness (QED) is 0.861. The molecular formula is C12H12BrN3O3. The van der Waals surface area contributed by atoms with E-state index in [-0.39, 0.29) is 18.0 Å². The molecule has 6 nitrogen and oxygen atoms in total. The molecule has 2 aromatic rings. The molecule has 1 heterocycles. The first-order chi connectivity index (χ1) is 9.12. The zero-order chi connectivity index (χ0) is 13.8. The van der Waals surface area contributed by atoms with E-state index in [1.807, 2.05) is 25.1 Å². The summed E-state index contributed by atoms with van der Waals surface area (Å²) >= 11 is 3.38. The van der Waals surface area contributed by atoms with Crippen molar-refractivity contribution in [1.82, 2.24) is 15.0 Å². The Morgan fingerprint density at radius 3 is 2.11 bits per heavy atom. The van der Waals surface area contributed by atoms with Gasteiger partial charge in [0.1, 0.15) is 5.75 Å². The first kappa shape index (κ1) is 13.5. The zero-order valence-corrected chi connectivity index (χ0v) is 12.3. The van der Waals surface area contributed by atoms with Gasteiger partial charge in [0.2, 0.25) is 0 Å². The Hall–Kier alpha value is -1.89. The number of halogens is 1. The predicted octanol–water partition coefficient (Wildman–Crippen LogP) is 2.75. The van der Waals surface area contributed by atoms with Crippen LogP contribution in [0.3, 0.4) is 0 Å². The molecular weight excluding hydrogens is 314 g/mol. The molecule has 0 radical (unpaired) electrons. The Labute approximate surface area is 118 Å². The number of rotatable bonds is 4. The van der Waals surface area contributed by atoms with Crippen molar-refractivity contribution in [1.29, 1.82) is 0 Å². The van der Waals surface area contributed by atoms with Crippen LogP contribution in [0.25, 0.3) is 0 Å². The molecule has 0 saturated carbocycles. The number of nitrogens with zero attached hydrogens (tertiary/aromatic N) is 3. The zero-order valence-electron chi connectivity index (χ0n) is 10.7. The minimum atomic E-state index is 0.116. The molecule has 0 saturated heterocycles. The SMILES string of the molecule is COc1nc(OC)nc(Oc2cc(Br)ccc2C)n1. The molecule has 7 heteroatoms. The molecule has 0 fully saturated rings. The number of aromatic nitrogens is 3. The maximum atomic E-state index is 5.62. The van der Waals surface area contributed by atoms with Gasteiger partial charge in [-0.25, -0.2) is 0 Å². The molecule has 19 heavy (non-hydrogen) atoms. The van der Waals surface area contributed by atoms with Gasteiger partial charge in [0.05, 0.1) is 14.2 Å². The smallest absolute Gasteiger partial charge is 0.331 e. The maximum absolute atomic E-state index is 5.62. The Balaban J connectivity index is 2.34. The maximum Gasteiger partial charge on any atom is 0.331 e. The highest BCUT2D eigenvalue weighted by Crippen LogP contribution is 2.27. The summed E-state index contributed by atoms with van der Waals surface area (Å²) in [6.45, 7) is 1.93. The second-order valence-electron chi connectivity index (χ2n) is 3.60. The van der Waals surface area contributed by atoms with Gasteiger partial charge >= 0.3 is 18.0 Å². The molecule has 0 N–H and O–H groups in total. The Bertz CT molecular complexity index is 570. The molecule has 100 valence electrons. The highest BCUT2D eigenvalue weighted by molar-refractivity contribution is 9.10. The molecule has 0 atom stereocenters. The van der Waals surface area contributed by atoms with Crippen molar-refractivity contribution in [2.24, 2.45) is 0 Å². The number of benzene rings is 1. The van der Waals surface area contributed by atoms with E-state index in [1.165, 1.54) is 14.2 Å². The van der Waals surface area contributed by atoms with Crippen molar-refractivity contribution >= 4 is 15.9 Å². The van der Waals surface area contributed by atoms with E-state index in [2.05, 4.69) is 30.9 Å². The largest absolute Gasteiger partial charge is 0.467 e. The van der Waals surface area contributed by atoms with Crippen molar-refractivity contribution in [3.63, 3.8) is 0 Å². The first-order valence-corrected chi connectivity index (χ1v) is 6.19. The lowest BCUT2D eigenvalue weighted by atomic mass is 10.2. The van der Waals surface area contributed by atoms with Crippen molar-refractivity contribution in [3.05, 3.63) is 28.2 Å². The van der Waals surface area contributed by atoms with Gasteiger partial charge in [0.25, 0.3) is 0 Å². The molecule has 1 aromatic heterocycles. The minimum absolute atomic E-state index is 0.116. The van der Waals surface area contributed by atoms with Crippen LogP contribution in [0.2, 0.25) is 0 Å². The van der Waals surface area contributed by atoms with Crippen LogP contribution in [0.15, 0.2) is 22.7 Å². The van der Waals surface area contributed by atoms with Crippen LogP contribution in [0.1, 0.15) is 5.56 Å². The average Bonchev–Trinajstić information content (AvgIpc) is 2.42. The van der Waals surface area contributed by atoms with Gasteiger partial charge in [-0.15, -0.1) is 15.0 Å². The topological polar surface area (TPSA) is 66.4 Å². The highest BCUT2D eigenvalue weighted by Gasteiger charge is 2.10. The molecule has 0 bridgehead atoms. The van der Waals surface area contributed by atoms with Gasteiger partial charge < -0.3 is 14.2 Å². The third-order valence-electron chi connectivity index (χ3n) is 2.29. The highest BCUT2D eigenvalue weighted by atomic mass is 79.9. The third-order valence-corrected chi connectivity index (χ3v) is 2.78. The van der Waals surface area contributed by atoms with E-state index < -0.39 is 0 Å². The summed E-state index contributed by atoms with van der Waals surface area (Å²) in [6, 6.07) is 6.07. The van der Waals surface area contributed by atoms with Crippen LogP contribution in [-0.2, 0) is 0 Å². The Kier molecular flexibility index (Phi) is 4.16. The number of aryl methyl sites for hydroxylation is 1. The van der Waals surface area contributed by atoms with Gasteiger partial charge in [-0.2, -0.15) is 0 Å². The van der Waals surface area contributed by atoms with E-state index in [9.17, 15) is 0 Å². The lowest BCUT2D eigenvalue weighted by Gasteiger charge is -2.08. The van der Waals surface area contributed by atoms with Gasteiger partial charge in [-0.3, -0.25) is 0 Å². The van der Waals surface area contributed by atoms with E-state index in [0.717, 1.165) is 10.0 Å². The average molecular weight is 326 g/mol. The third kappa shape index (κ3) is 3.31. The summed E-state index contributed by atoms with van der Waals surface area (Å²) in [5.41, 5.74) is 0.960. The van der Waals surface area contributed by atoms with Gasteiger partial charge in [0, 0.05) is 4.47 Å². The monoisotopic (exact) mass is 325 g/mol. The first-order valence-electron chi connectivity index (χ1n) is 5.40. The van der Waals surface area contributed by atoms with Gasteiger partial charge in [0.15, 0.2) is 0 Å². The molecule has 1 aromatic carbocycles. The summed E-state index contributed by atoms with van der Waals surface area (Å²) in [5, 5.41) is 0. The standard InChI is InChI=1S/C12H12BrN3O3/c1-7-4-5-8(13)6-9(7)19-12-15-10(17-2)14-11(16-12)18-3/h4-6H,1-3H3. The summed E-state index contributed by atoms with van der Waals surface area (Å²) in [5.74, 6) is 0.643. The van der Waals surface area contributed by atoms with Crippen LogP contribution >= 0.6 is 15.9 Å². The molecule has 0 aliphatic rings. The molecule has 0 aliphatic carbocycles. The fourth-order valence-corrected chi connectivity index (χ4v) is 1.67. The van der Waals surface area contributed by atoms with E-state index in [1.54, 1.807) is 0 Å². The second-order valence-corrected chi connectivity index (χ2v) is 4.52. The fraction of sp³-hybridized carbons (Fsp3) is 0.250. The van der Waals surface area contributed by atoms with Crippen molar-refractivity contribution in [2.45, 2.75) is 6.92 Å². The van der Waals surface area contributed by atoms with Crippen molar-refractivity contribution in [3.8, 4) is 23.8 Å². The molecule has 2 rings (SSSR count). The van der Waals surface area contributed by atoms with Crippen LogP contribution in [0, 0.1) is 6.92 Å². The van der Waals surface area contributed by atoms with E-state index in [4.69, 9.17) is 14.2 Å². The summed E-state index contributed by atoms with van der Waals surface area (Å²) in [4.78, 5) is 11.9. The number of hydrogen-bond acceptors (Lipinski definition) is 6. The Morgan fingerprint density at radius 1 is 0.947 bits per heavy atom. The number of hydrogen-bond donors (Lipinski definition) is 0. The molecule has 0 amide bonds. The Morgan fingerprint density at radius 2 is 1.53 bits per heavy atom. The van der Waals surface area contributed by atoms with Crippen LogP contribution < -0.4 is 14.2 Å². The van der Waals surface area contributed by atoms with Crippen LogP contribution in [0.5, 0.6) is 23.8 Å². The summed E-state index contributed by atoms with van der Waals surface area (Å²) in [7, 11) is 2.92. The number of methoxy groups -OCH3 is 2. The van der Waals surface area contributed by atoms with Crippen molar-refractivity contribution < 1.29 is 14.2 Å². The minimum Gasteiger partial charge on any atom is -0.467 e. The summed E-state index contributed by atoms with van der Waals surface area (Å²) < 4.78 is 16.4. The number of ether oxygens (including phenoxy) is 3. The van der Waals surface area contributed by atoms with Crippen LogP contribution in [0.4, 0.5) is 0 Å². The normalized spacial score (nSPS) is 10.1. The van der Waals surface area contributed by atoms with E-state index >= 15 is 0 Å². The molecule has 0 spiro atoms. The lowest BCUT2D eigenvalue weighted by Crippen LogP contribution is -2.01. The fourth-order valence-electron chi connectivity index (χ4n) is 1.33. The van der Waals surface area contributed by atoms with Gasteiger partial charge in [-0.1, -0.05) is 22.0 Å². The van der Waals surface area contributed by atoms with Crippen molar-refractivity contribution in [2.75, 3.05) is 14.2 Å². The van der Waals surface area contributed by atoms with Crippen LogP contribution in [-0.4, -0.2) is 29.2 Å². The summed E-state index contributed by atoms with van der Waals surface area (Å²) in [6.07, 6.45) is 0. The predicted molar refractivity (Wildman–Crippen MR) is 71.9 cm³/mol.